The van der Waals surface area contributed by atoms with Crippen LogP contribution < -0.4 is 10.1 Å². The molecule has 0 radical (unpaired) electrons. The first-order chi connectivity index (χ1) is 13.2. The minimum atomic E-state index is 0.200. The van der Waals surface area contributed by atoms with Crippen molar-refractivity contribution in [2.24, 2.45) is 0 Å². The van der Waals surface area contributed by atoms with E-state index in [-0.39, 0.29) is 5.91 Å². The zero-order chi connectivity index (χ0) is 18.9. The van der Waals surface area contributed by atoms with Crippen molar-refractivity contribution < 1.29 is 14.3 Å². The number of nitrogens with one attached hydrogen (secondary N) is 1. The molecule has 1 fully saturated rings. The monoisotopic (exact) mass is 368 g/mol. The lowest BCUT2D eigenvalue weighted by Gasteiger charge is -2.26. The smallest absolute Gasteiger partial charge is 0.224 e. The van der Waals surface area contributed by atoms with Crippen LogP contribution in [0.3, 0.4) is 0 Å². The van der Waals surface area contributed by atoms with Crippen LogP contribution in [0.25, 0.3) is 0 Å². The second-order valence-electron chi connectivity index (χ2n) is 6.84. The number of carbonyl (C=O) groups is 1. The number of carbonyl (C=O) groups excluding carboxylic acids is 1. The lowest BCUT2D eigenvalue weighted by Crippen LogP contribution is -2.41. The second-order valence-corrected chi connectivity index (χ2v) is 6.84. The van der Waals surface area contributed by atoms with Gasteiger partial charge in [-0.2, -0.15) is 0 Å². The molecule has 1 amide bonds. The molecule has 1 aliphatic heterocycles. The summed E-state index contributed by atoms with van der Waals surface area (Å²) in [6.45, 7) is 6.80. The molecule has 3 rings (SSSR count). The van der Waals surface area contributed by atoms with E-state index in [1.165, 1.54) is 11.1 Å². The molecule has 5 nitrogen and oxygen atoms in total. The Kier molecular flexibility index (Phi) is 7.25. The first-order valence-electron chi connectivity index (χ1n) is 9.54. The van der Waals surface area contributed by atoms with Gasteiger partial charge >= 0.3 is 0 Å². The van der Waals surface area contributed by atoms with Crippen LogP contribution in [0.15, 0.2) is 48.5 Å². The van der Waals surface area contributed by atoms with Crippen LogP contribution in [0.1, 0.15) is 23.1 Å². The van der Waals surface area contributed by atoms with Gasteiger partial charge in [0, 0.05) is 32.6 Å². The zero-order valence-electron chi connectivity index (χ0n) is 15.9. The Morgan fingerprint density at radius 2 is 1.70 bits per heavy atom. The maximum atomic E-state index is 12.1. The summed E-state index contributed by atoms with van der Waals surface area (Å²) in [5.74, 6) is 1.06. The van der Waals surface area contributed by atoms with Gasteiger partial charge in [0.25, 0.3) is 0 Å². The molecular formula is C22H28N2O3. The molecule has 5 heteroatoms. The van der Waals surface area contributed by atoms with E-state index in [0.29, 0.717) is 45.9 Å². The summed E-state index contributed by atoms with van der Waals surface area (Å²) in [5.41, 5.74) is 3.59. The average molecular weight is 368 g/mol. The van der Waals surface area contributed by atoms with Crippen molar-refractivity contribution in [2.45, 2.75) is 26.5 Å². The molecule has 0 spiro atoms. The number of rotatable bonds is 8. The van der Waals surface area contributed by atoms with E-state index in [1.807, 2.05) is 17.0 Å². The summed E-state index contributed by atoms with van der Waals surface area (Å²) in [6, 6.07) is 16.5. The molecule has 2 aromatic rings. The highest BCUT2D eigenvalue weighted by atomic mass is 16.5. The maximum Gasteiger partial charge on any atom is 0.224 e. The van der Waals surface area contributed by atoms with Gasteiger partial charge in [-0.25, -0.2) is 0 Å². The number of benzene rings is 2. The van der Waals surface area contributed by atoms with Gasteiger partial charge in [0.15, 0.2) is 0 Å². The molecule has 1 aliphatic rings. The van der Waals surface area contributed by atoms with Crippen LogP contribution in [0, 0.1) is 6.92 Å². The Labute approximate surface area is 161 Å². The van der Waals surface area contributed by atoms with E-state index >= 15 is 0 Å². The Morgan fingerprint density at radius 3 is 2.41 bits per heavy atom. The lowest BCUT2D eigenvalue weighted by atomic mass is 10.2. The molecule has 1 N–H and O–H groups in total. The number of hydrogen-bond acceptors (Lipinski definition) is 4. The first kappa shape index (κ1) is 19.4. The molecular weight excluding hydrogens is 340 g/mol. The molecule has 0 aliphatic carbocycles. The molecule has 0 unspecified atom stereocenters. The summed E-state index contributed by atoms with van der Waals surface area (Å²) in [6.07, 6.45) is 0.526. The molecule has 0 atom stereocenters. The topological polar surface area (TPSA) is 50.8 Å². The molecule has 0 aromatic heterocycles. The van der Waals surface area contributed by atoms with Gasteiger partial charge in [0.2, 0.25) is 5.91 Å². The fraction of sp³-hybridized carbons (Fsp3) is 0.409. The van der Waals surface area contributed by atoms with Crippen LogP contribution in [0.2, 0.25) is 0 Å². The highest BCUT2D eigenvalue weighted by Crippen LogP contribution is 2.14. The van der Waals surface area contributed by atoms with E-state index in [1.54, 1.807) is 0 Å². The Hall–Kier alpha value is -2.37. The van der Waals surface area contributed by atoms with Crippen LogP contribution in [0.5, 0.6) is 5.75 Å². The fourth-order valence-electron chi connectivity index (χ4n) is 2.95. The third-order valence-corrected chi connectivity index (χ3v) is 4.66. The second kappa shape index (κ2) is 10.1. The third-order valence-electron chi connectivity index (χ3n) is 4.66. The van der Waals surface area contributed by atoms with Gasteiger partial charge in [-0.3, -0.25) is 4.79 Å². The molecule has 0 bridgehead atoms. The van der Waals surface area contributed by atoms with Crippen LogP contribution in [-0.4, -0.2) is 43.7 Å². The Balaban J connectivity index is 1.35. The average Bonchev–Trinajstić information content (AvgIpc) is 2.72. The highest BCUT2D eigenvalue weighted by Gasteiger charge is 2.15. The molecule has 2 aromatic carbocycles. The van der Waals surface area contributed by atoms with E-state index in [2.05, 4.69) is 48.6 Å². The largest absolute Gasteiger partial charge is 0.489 e. The molecule has 0 saturated carbocycles. The number of hydrogen-bond donors (Lipinski definition) is 1. The van der Waals surface area contributed by atoms with Crippen LogP contribution in [-0.2, 0) is 22.7 Å². The van der Waals surface area contributed by atoms with Crippen molar-refractivity contribution >= 4 is 5.91 Å². The standard InChI is InChI=1S/C22H28N2O3/c1-18-2-4-20(5-3-18)17-27-21-8-6-19(7-9-21)16-23-11-10-22(25)24-12-14-26-15-13-24/h2-9,23H,10-17H2,1H3. The summed E-state index contributed by atoms with van der Waals surface area (Å²) in [5, 5.41) is 3.33. The SMILES string of the molecule is Cc1ccc(COc2ccc(CNCCC(=O)N3CCOCC3)cc2)cc1. The lowest BCUT2D eigenvalue weighted by molar-refractivity contribution is -0.135. The minimum Gasteiger partial charge on any atom is -0.489 e. The van der Waals surface area contributed by atoms with Crippen molar-refractivity contribution in [3.05, 3.63) is 65.2 Å². The normalized spacial score (nSPS) is 14.2. The van der Waals surface area contributed by atoms with Crippen molar-refractivity contribution in [3.63, 3.8) is 0 Å². The maximum absolute atomic E-state index is 12.1. The van der Waals surface area contributed by atoms with Crippen LogP contribution >= 0.6 is 0 Å². The number of nitrogens with zero attached hydrogens (tertiary/aromatic N) is 1. The predicted molar refractivity (Wildman–Crippen MR) is 106 cm³/mol. The number of morpholine rings is 1. The molecule has 27 heavy (non-hydrogen) atoms. The predicted octanol–water partition coefficient (Wildman–Crippen LogP) is 2.91. The van der Waals surface area contributed by atoms with Gasteiger partial charge in [0.1, 0.15) is 12.4 Å². The van der Waals surface area contributed by atoms with E-state index in [4.69, 9.17) is 9.47 Å². The fourth-order valence-corrected chi connectivity index (χ4v) is 2.95. The first-order valence-corrected chi connectivity index (χ1v) is 9.54. The third kappa shape index (κ3) is 6.38. The highest BCUT2D eigenvalue weighted by molar-refractivity contribution is 5.76. The van der Waals surface area contributed by atoms with Crippen molar-refractivity contribution in [2.75, 3.05) is 32.8 Å². The molecule has 1 heterocycles. The summed E-state index contributed by atoms with van der Waals surface area (Å²) in [4.78, 5) is 14.0. The summed E-state index contributed by atoms with van der Waals surface area (Å²) < 4.78 is 11.1. The van der Waals surface area contributed by atoms with Crippen LogP contribution in [0.4, 0.5) is 0 Å². The van der Waals surface area contributed by atoms with Crippen molar-refractivity contribution in [1.82, 2.24) is 10.2 Å². The van der Waals surface area contributed by atoms with Gasteiger partial charge in [0.05, 0.1) is 13.2 Å². The van der Waals surface area contributed by atoms with Gasteiger partial charge in [-0.15, -0.1) is 0 Å². The van der Waals surface area contributed by atoms with Crippen molar-refractivity contribution in [3.8, 4) is 5.75 Å². The number of aryl methyl sites for hydroxylation is 1. The zero-order valence-corrected chi connectivity index (χ0v) is 15.9. The minimum absolute atomic E-state index is 0.200. The quantitative estimate of drug-likeness (QED) is 0.728. The molecule has 144 valence electrons. The summed E-state index contributed by atoms with van der Waals surface area (Å²) in [7, 11) is 0. The van der Waals surface area contributed by atoms with E-state index < -0.39 is 0 Å². The van der Waals surface area contributed by atoms with E-state index in [9.17, 15) is 4.79 Å². The van der Waals surface area contributed by atoms with Gasteiger partial charge < -0.3 is 19.7 Å². The number of amides is 1. The Morgan fingerprint density at radius 1 is 1.04 bits per heavy atom. The Bertz CT molecular complexity index is 707. The van der Waals surface area contributed by atoms with Gasteiger partial charge in [-0.05, 0) is 30.2 Å². The van der Waals surface area contributed by atoms with E-state index in [0.717, 1.165) is 17.9 Å². The molecule has 1 saturated heterocycles. The van der Waals surface area contributed by atoms with Gasteiger partial charge in [-0.1, -0.05) is 42.0 Å². The number of ether oxygens (including phenoxy) is 2. The summed E-state index contributed by atoms with van der Waals surface area (Å²) >= 11 is 0. The van der Waals surface area contributed by atoms with Crippen molar-refractivity contribution in [1.29, 1.82) is 0 Å².